The van der Waals surface area contributed by atoms with Crippen molar-refractivity contribution in [3.8, 4) is 10.6 Å². The van der Waals surface area contributed by atoms with Crippen LogP contribution >= 0.6 is 22.7 Å². The fraction of sp³-hybridized carbons (Fsp3) is 0.385. The molecule has 0 aliphatic heterocycles. The predicted octanol–water partition coefficient (Wildman–Crippen LogP) is 3.08. The summed E-state index contributed by atoms with van der Waals surface area (Å²) in [5.41, 5.74) is 0.929. The lowest BCUT2D eigenvalue weighted by Gasteiger charge is -1.96. The number of aromatic nitrogens is 1. The van der Waals surface area contributed by atoms with Gasteiger partial charge in [0.1, 0.15) is 0 Å². The van der Waals surface area contributed by atoms with Crippen LogP contribution in [0, 0.1) is 0 Å². The van der Waals surface area contributed by atoms with E-state index in [9.17, 15) is 4.79 Å². The standard InChI is InChI=1S/C13H15NO3S2/c1-2-17-6-5-12-14-10(8-18-12)11-4-3-9(19-11)7-13(15)16/h3-4,8H,2,5-7H2,1H3,(H,15,16). The van der Waals surface area contributed by atoms with E-state index >= 15 is 0 Å². The molecule has 0 unspecified atom stereocenters. The summed E-state index contributed by atoms with van der Waals surface area (Å²) in [4.78, 5) is 17.1. The van der Waals surface area contributed by atoms with Crippen molar-refractivity contribution >= 4 is 28.6 Å². The first kappa shape index (κ1) is 14.2. The minimum atomic E-state index is -0.802. The van der Waals surface area contributed by atoms with Gasteiger partial charge in [-0.05, 0) is 19.1 Å². The minimum Gasteiger partial charge on any atom is -0.481 e. The van der Waals surface area contributed by atoms with Gasteiger partial charge in [0.25, 0.3) is 0 Å². The average molecular weight is 297 g/mol. The fourth-order valence-electron chi connectivity index (χ4n) is 1.60. The molecule has 0 aliphatic carbocycles. The molecule has 2 aromatic rings. The predicted molar refractivity (Wildman–Crippen MR) is 77.0 cm³/mol. The lowest BCUT2D eigenvalue weighted by molar-refractivity contribution is -0.136. The van der Waals surface area contributed by atoms with Crippen molar-refractivity contribution in [2.75, 3.05) is 13.2 Å². The van der Waals surface area contributed by atoms with E-state index in [0.29, 0.717) is 6.61 Å². The van der Waals surface area contributed by atoms with Crippen LogP contribution in [0.25, 0.3) is 10.6 Å². The van der Waals surface area contributed by atoms with Gasteiger partial charge in [0.15, 0.2) is 0 Å². The zero-order valence-electron chi connectivity index (χ0n) is 10.6. The van der Waals surface area contributed by atoms with Crippen LogP contribution in [0.5, 0.6) is 0 Å². The number of thiazole rings is 1. The number of carbonyl (C=O) groups is 1. The normalized spacial score (nSPS) is 10.8. The molecule has 6 heteroatoms. The van der Waals surface area contributed by atoms with Crippen molar-refractivity contribution in [1.82, 2.24) is 4.98 Å². The molecule has 102 valence electrons. The van der Waals surface area contributed by atoms with Crippen molar-refractivity contribution in [2.45, 2.75) is 19.8 Å². The van der Waals surface area contributed by atoms with Crippen molar-refractivity contribution < 1.29 is 14.6 Å². The molecular weight excluding hydrogens is 282 g/mol. The number of hydrogen-bond acceptors (Lipinski definition) is 5. The van der Waals surface area contributed by atoms with Crippen LogP contribution in [0.4, 0.5) is 0 Å². The summed E-state index contributed by atoms with van der Waals surface area (Å²) < 4.78 is 5.30. The third-order valence-electron chi connectivity index (χ3n) is 2.46. The van der Waals surface area contributed by atoms with Crippen LogP contribution in [0.3, 0.4) is 0 Å². The Morgan fingerprint density at radius 3 is 3.05 bits per heavy atom. The van der Waals surface area contributed by atoms with Gasteiger partial charge in [-0.1, -0.05) is 0 Å². The molecule has 0 bridgehead atoms. The van der Waals surface area contributed by atoms with Crippen LogP contribution in [-0.4, -0.2) is 29.3 Å². The maximum atomic E-state index is 10.6. The van der Waals surface area contributed by atoms with Gasteiger partial charge >= 0.3 is 5.97 Å². The van der Waals surface area contributed by atoms with E-state index in [-0.39, 0.29) is 6.42 Å². The largest absolute Gasteiger partial charge is 0.481 e. The van der Waals surface area contributed by atoms with Gasteiger partial charge in [-0.15, -0.1) is 22.7 Å². The summed E-state index contributed by atoms with van der Waals surface area (Å²) >= 11 is 3.11. The van der Waals surface area contributed by atoms with Crippen molar-refractivity contribution in [2.24, 2.45) is 0 Å². The van der Waals surface area contributed by atoms with E-state index in [1.54, 1.807) is 11.3 Å². The van der Waals surface area contributed by atoms with Crippen LogP contribution in [-0.2, 0) is 22.4 Å². The summed E-state index contributed by atoms with van der Waals surface area (Å²) in [6.07, 6.45) is 0.901. The maximum absolute atomic E-state index is 10.6. The van der Waals surface area contributed by atoms with Crippen LogP contribution < -0.4 is 0 Å². The van der Waals surface area contributed by atoms with Gasteiger partial charge in [0.05, 0.1) is 28.6 Å². The van der Waals surface area contributed by atoms with Gasteiger partial charge in [-0.25, -0.2) is 4.98 Å². The van der Waals surface area contributed by atoms with Gasteiger partial charge in [-0.3, -0.25) is 4.79 Å². The van der Waals surface area contributed by atoms with Crippen LogP contribution in [0.2, 0.25) is 0 Å². The summed E-state index contributed by atoms with van der Waals surface area (Å²) in [7, 11) is 0. The highest BCUT2D eigenvalue weighted by Gasteiger charge is 2.09. The molecular formula is C13H15NO3S2. The van der Waals surface area contributed by atoms with E-state index in [2.05, 4.69) is 4.98 Å². The lowest BCUT2D eigenvalue weighted by atomic mass is 10.3. The molecule has 0 saturated carbocycles. The highest BCUT2D eigenvalue weighted by molar-refractivity contribution is 7.16. The molecule has 1 N–H and O–H groups in total. The molecule has 2 heterocycles. The van der Waals surface area contributed by atoms with Gasteiger partial charge in [0, 0.05) is 23.3 Å². The Kier molecular flexibility index (Phi) is 5.07. The summed E-state index contributed by atoms with van der Waals surface area (Å²) in [6, 6.07) is 3.79. The first-order chi connectivity index (χ1) is 9.19. The Bertz CT molecular complexity index is 548. The second-order valence-corrected chi connectivity index (χ2v) is 6.02. The summed E-state index contributed by atoms with van der Waals surface area (Å²) in [5.74, 6) is -0.802. The molecule has 4 nitrogen and oxygen atoms in total. The SMILES string of the molecule is CCOCCc1nc(-c2ccc(CC(=O)O)s2)cs1. The Balaban J connectivity index is 2.01. The molecule has 0 amide bonds. The molecule has 19 heavy (non-hydrogen) atoms. The van der Waals surface area contributed by atoms with E-state index < -0.39 is 5.97 Å². The molecule has 2 aromatic heterocycles. The number of carboxylic acids is 1. The lowest BCUT2D eigenvalue weighted by Crippen LogP contribution is -1.97. The fourth-order valence-corrected chi connectivity index (χ4v) is 3.42. The van der Waals surface area contributed by atoms with E-state index in [1.807, 2.05) is 24.4 Å². The molecule has 0 fully saturated rings. The number of aliphatic carboxylic acids is 1. The molecule has 0 saturated heterocycles. The van der Waals surface area contributed by atoms with Gasteiger partial charge in [-0.2, -0.15) is 0 Å². The molecule has 0 aliphatic rings. The Labute approximate surface area is 119 Å². The highest BCUT2D eigenvalue weighted by Crippen LogP contribution is 2.29. The van der Waals surface area contributed by atoms with E-state index in [4.69, 9.17) is 9.84 Å². The van der Waals surface area contributed by atoms with Gasteiger partial charge < -0.3 is 9.84 Å². The zero-order chi connectivity index (χ0) is 13.7. The molecule has 0 atom stereocenters. The van der Waals surface area contributed by atoms with Crippen LogP contribution in [0.15, 0.2) is 17.5 Å². The monoisotopic (exact) mass is 297 g/mol. The van der Waals surface area contributed by atoms with Crippen molar-refractivity contribution in [3.63, 3.8) is 0 Å². The van der Waals surface area contributed by atoms with Gasteiger partial charge in [0.2, 0.25) is 0 Å². The van der Waals surface area contributed by atoms with Crippen molar-refractivity contribution in [1.29, 1.82) is 0 Å². The quantitative estimate of drug-likeness (QED) is 0.798. The average Bonchev–Trinajstić information content (AvgIpc) is 2.97. The molecule has 0 aromatic carbocycles. The third-order valence-corrected chi connectivity index (χ3v) is 4.47. The molecule has 2 rings (SSSR count). The number of ether oxygens (including phenoxy) is 1. The zero-order valence-corrected chi connectivity index (χ0v) is 12.2. The second kappa shape index (κ2) is 6.79. The number of thiophene rings is 1. The summed E-state index contributed by atoms with van der Waals surface area (Å²) in [6.45, 7) is 3.39. The Morgan fingerprint density at radius 1 is 1.47 bits per heavy atom. The first-order valence-corrected chi connectivity index (χ1v) is 7.71. The number of carboxylic acid groups (broad SMARTS) is 1. The third kappa shape index (κ3) is 4.12. The Hall–Kier alpha value is -1.24. The number of nitrogens with zero attached hydrogens (tertiary/aromatic N) is 1. The summed E-state index contributed by atoms with van der Waals surface area (Å²) in [5, 5.41) is 11.8. The van der Waals surface area contributed by atoms with E-state index in [1.165, 1.54) is 11.3 Å². The second-order valence-electron chi connectivity index (χ2n) is 3.91. The topological polar surface area (TPSA) is 59.4 Å². The van der Waals surface area contributed by atoms with Crippen molar-refractivity contribution in [3.05, 3.63) is 27.4 Å². The molecule has 0 spiro atoms. The smallest absolute Gasteiger partial charge is 0.308 e. The highest BCUT2D eigenvalue weighted by atomic mass is 32.1. The first-order valence-electron chi connectivity index (χ1n) is 6.02. The number of hydrogen-bond donors (Lipinski definition) is 1. The minimum absolute atomic E-state index is 0.0754. The maximum Gasteiger partial charge on any atom is 0.308 e. The van der Waals surface area contributed by atoms with Crippen LogP contribution in [0.1, 0.15) is 16.8 Å². The Morgan fingerprint density at radius 2 is 2.32 bits per heavy atom. The number of rotatable bonds is 7. The molecule has 0 radical (unpaired) electrons. The van der Waals surface area contributed by atoms with E-state index in [0.717, 1.165) is 33.5 Å².